The monoisotopic (exact) mass is 288 g/mol. The number of carbonyl (C=O) groups is 1. The summed E-state index contributed by atoms with van der Waals surface area (Å²) in [6.45, 7) is 3.84. The molecule has 1 aromatic heterocycles. The van der Waals surface area contributed by atoms with Crippen LogP contribution in [-0.2, 0) is 11.3 Å². The molecule has 5 heteroatoms. The molecule has 2 aromatic rings. The quantitative estimate of drug-likeness (QED) is 0.920. The maximum atomic E-state index is 13.0. The summed E-state index contributed by atoms with van der Waals surface area (Å²) in [5, 5.41) is 2.74. The van der Waals surface area contributed by atoms with Crippen molar-refractivity contribution in [2.45, 2.75) is 26.5 Å². The van der Waals surface area contributed by atoms with Crippen LogP contribution in [0, 0.1) is 12.7 Å². The Morgan fingerprint density at radius 3 is 2.81 bits per heavy atom. The van der Waals surface area contributed by atoms with Crippen molar-refractivity contribution in [2.24, 2.45) is 0 Å². The van der Waals surface area contributed by atoms with E-state index in [1.54, 1.807) is 13.0 Å². The van der Waals surface area contributed by atoms with Crippen LogP contribution < -0.4 is 10.1 Å². The largest absolute Gasteiger partial charge is 0.481 e. The molecule has 0 aliphatic carbocycles. The SMILES string of the molecule is Cc1cccc(CNC(=O)C(C)Oc2cccc(F)c2)n1. The molecule has 1 N–H and O–H groups in total. The molecule has 110 valence electrons. The lowest BCUT2D eigenvalue weighted by Crippen LogP contribution is -2.36. The predicted molar refractivity (Wildman–Crippen MR) is 77.3 cm³/mol. The van der Waals surface area contributed by atoms with Gasteiger partial charge in [-0.05, 0) is 38.1 Å². The van der Waals surface area contributed by atoms with Crippen molar-refractivity contribution >= 4 is 5.91 Å². The highest BCUT2D eigenvalue weighted by Gasteiger charge is 2.14. The van der Waals surface area contributed by atoms with Gasteiger partial charge < -0.3 is 10.1 Å². The molecular weight excluding hydrogens is 271 g/mol. The van der Waals surface area contributed by atoms with Gasteiger partial charge in [-0.3, -0.25) is 9.78 Å². The van der Waals surface area contributed by atoms with Crippen LogP contribution in [-0.4, -0.2) is 17.0 Å². The van der Waals surface area contributed by atoms with E-state index in [2.05, 4.69) is 10.3 Å². The number of nitrogens with one attached hydrogen (secondary N) is 1. The Labute approximate surface area is 123 Å². The maximum Gasteiger partial charge on any atom is 0.261 e. The van der Waals surface area contributed by atoms with Crippen molar-refractivity contribution < 1.29 is 13.9 Å². The Kier molecular flexibility index (Phi) is 4.87. The number of halogens is 1. The number of aromatic nitrogens is 1. The summed E-state index contributed by atoms with van der Waals surface area (Å²) in [4.78, 5) is 16.2. The van der Waals surface area contributed by atoms with Crippen LogP contribution in [0.3, 0.4) is 0 Å². The molecule has 0 bridgehead atoms. The van der Waals surface area contributed by atoms with Crippen LogP contribution in [0.5, 0.6) is 5.75 Å². The molecule has 0 fully saturated rings. The Balaban J connectivity index is 1.88. The molecule has 0 spiro atoms. The van der Waals surface area contributed by atoms with Crippen LogP contribution in [0.4, 0.5) is 4.39 Å². The average molecular weight is 288 g/mol. The fourth-order valence-electron chi connectivity index (χ4n) is 1.82. The lowest BCUT2D eigenvalue weighted by molar-refractivity contribution is -0.127. The summed E-state index contributed by atoms with van der Waals surface area (Å²) in [6, 6.07) is 11.3. The molecule has 0 radical (unpaired) electrons. The first-order chi connectivity index (χ1) is 10.0. The maximum absolute atomic E-state index is 13.0. The number of carbonyl (C=O) groups excluding carboxylic acids is 1. The van der Waals surface area contributed by atoms with Gasteiger partial charge in [0.1, 0.15) is 11.6 Å². The van der Waals surface area contributed by atoms with Crippen molar-refractivity contribution in [3.8, 4) is 5.75 Å². The molecule has 0 aliphatic heterocycles. The molecular formula is C16H17FN2O2. The highest BCUT2D eigenvalue weighted by atomic mass is 19.1. The Bertz CT molecular complexity index is 631. The van der Waals surface area contributed by atoms with Crippen LogP contribution >= 0.6 is 0 Å². The van der Waals surface area contributed by atoms with Crippen molar-refractivity contribution in [3.05, 3.63) is 59.7 Å². The van der Waals surface area contributed by atoms with E-state index < -0.39 is 11.9 Å². The first-order valence-electron chi connectivity index (χ1n) is 6.67. The minimum absolute atomic E-state index is 0.275. The standard InChI is InChI=1S/C16H17FN2O2/c1-11-5-3-7-14(19-11)10-18-16(20)12(2)21-15-8-4-6-13(17)9-15/h3-9,12H,10H2,1-2H3,(H,18,20). The second-order valence-corrected chi connectivity index (χ2v) is 4.71. The minimum Gasteiger partial charge on any atom is -0.481 e. The van der Waals surface area contributed by atoms with Crippen LogP contribution in [0.25, 0.3) is 0 Å². The average Bonchev–Trinajstić information content (AvgIpc) is 2.45. The van der Waals surface area contributed by atoms with Crippen molar-refractivity contribution in [3.63, 3.8) is 0 Å². The molecule has 2 rings (SSSR count). The summed E-state index contributed by atoms with van der Waals surface area (Å²) in [7, 11) is 0. The molecule has 1 amide bonds. The fourth-order valence-corrected chi connectivity index (χ4v) is 1.82. The number of pyridine rings is 1. The van der Waals surface area contributed by atoms with E-state index in [1.807, 2.05) is 25.1 Å². The lowest BCUT2D eigenvalue weighted by Gasteiger charge is -2.14. The highest BCUT2D eigenvalue weighted by Crippen LogP contribution is 2.13. The van der Waals surface area contributed by atoms with Gasteiger partial charge in [0.05, 0.1) is 12.2 Å². The first kappa shape index (κ1) is 15.0. The van der Waals surface area contributed by atoms with Crippen molar-refractivity contribution in [2.75, 3.05) is 0 Å². The molecule has 1 aromatic carbocycles. The summed E-state index contributed by atoms with van der Waals surface area (Å²) in [5.41, 5.74) is 1.67. The third kappa shape index (κ3) is 4.56. The molecule has 0 saturated heterocycles. The van der Waals surface area contributed by atoms with Crippen LogP contribution in [0.1, 0.15) is 18.3 Å². The lowest BCUT2D eigenvalue weighted by atomic mass is 10.3. The normalized spacial score (nSPS) is 11.8. The molecule has 1 unspecified atom stereocenters. The summed E-state index contributed by atoms with van der Waals surface area (Å²) >= 11 is 0. The third-order valence-electron chi connectivity index (χ3n) is 2.87. The minimum atomic E-state index is -0.711. The van der Waals surface area contributed by atoms with Gasteiger partial charge in [-0.1, -0.05) is 12.1 Å². The smallest absolute Gasteiger partial charge is 0.261 e. The van der Waals surface area contributed by atoms with Gasteiger partial charge in [0.2, 0.25) is 0 Å². The molecule has 1 heterocycles. The number of aryl methyl sites for hydroxylation is 1. The van der Waals surface area contributed by atoms with Gasteiger partial charge in [-0.2, -0.15) is 0 Å². The zero-order chi connectivity index (χ0) is 15.2. The van der Waals surface area contributed by atoms with E-state index in [0.717, 1.165) is 11.4 Å². The zero-order valence-corrected chi connectivity index (χ0v) is 12.0. The fraction of sp³-hybridized carbons (Fsp3) is 0.250. The number of rotatable bonds is 5. The Hall–Kier alpha value is -2.43. The molecule has 0 saturated carbocycles. The van der Waals surface area contributed by atoms with Gasteiger partial charge in [-0.25, -0.2) is 4.39 Å². The predicted octanol–water partition coefficient (Wildman–Crippen LogP) is 2.61. The number of amides is 1. The number of ether oxygens (including phenoxy) is 1. The van der Waals surface area contributed by atoms with Crippen molar-refractivity contribution in [1.82, 2.24) is 10.3 Å². The number of hydrogen-bond acceptors (Lipinski definition) is 3. The van der Waals surface area contributed by atoms with Crippen LogP contribution in [0.15, 0.2) is 42.5 Å². The highest BCUT2D eigenvalue weighted by molar-refractivity contribution is 5.80. The van der Waals surface area contributed by atoms with Gasteiger partial charge in [0.25, 0.3) is 5.91 Å². The molecule has 0 aliphatic rings. The second-order valence-electron chi connectivity index (χ2n) is 4.71. The van der Waals surface area contributed by atoms with E-state index in [4.69, 9.17) is 4.74 Å². The van der Waals surface area contributed by atoms with E-state index in [0.29, 0.717) is 12.3 Å². The Morgan fingerprint density at radius 1 is 1.33 bits per heavy atom. The summed E-state index contributed by atoms with van der Waals surface area (Å²) in [6.07, 6.45) is -0.711. The van der Waals surface area contributed by atoms with E-state index in [9.17, 15) is 9.18 Å². The van der Waals surface area contributed by atoms with Gasteiger partial charge >= 0.3 is 0 Å². The number of benzene rings is 1. The molecule has 4 nitrogen and oxygen atoms in total. The molecule has 1 atom stereocenters. The van der Waals surface area contributed by atoms with E-state index in [-0.39, 0.29) is 5.91 Å². The summed E-state index contributed by atoms with van der Waals surface area (Å²) < 4.78 is 18.4. The van der Waals surface area contributed by atoms with E-state index in [1.165, 1.54) is 18.2 Å². The summed E-state index contributed by atoms with van der Waals surface area (Å²) in [5.74, 6) is -0.349. The molecule has 21 heavy (non-hydrogen) atoms. The first-order valence-corrected chi connectivity index (χ1v) is 6.67. The topological polar surface area (TPSA) is 51.2 Å². The van der Waals surface area contributed by atoms with Gasteiger partial charge in [-0.15, -0.1) is 0 Å². The zero-order valence-electron chi connectivity index (χ0n) is 12.0. The number of hydrogen-bond donors (Lipinski definition) is 1. The van der Waals surface area contributed by atoms with Crippen LogP contribution in [0.2, 0.25) is 0 Å². The third-order valence-corrected chi connectivity index (χ3v) is 2.87. The van der Waals surface area contributed by atoms with Crippen molar-refractivity contribution in [1.29, 1.82) is 0 Å². The second kappa shape index (κ2) is 6.83. The van der Waals surface area contributed by atoms with E-state index >= 15 is 0 Å². The van der Waals surface area contributed by atoms with Gasteiger partial charge in [0.15, 0.2) is 6.10 Å². The Morgan fingerprint density at radius 2 is 2.10 bits per heavy atom. The number of nitrogens with zero attached hydrogens (tertiary/aromatic N) is 1. The van der Waals surface area contributed by atoms with Gasteiger partial charge in [0, 0.05) is 11.8 Å².